The molecule has 0 saturated carbocycles. The number of hydrogen-bond donors (Lipinski definition) is 0. The van der Waals surface area contributed by atoms with E-state index >= 15 is 0 Å². The molecule has 0 aromatic carbocycles. The lowest BCUT2D eigenvalue weighted by molar-refractivity contribution is -0.0122. The largest absolute Gasteiger partial charge is 0.372 e. The Kier molecular flexibility index (Phi) is 7.77. The first-order valence-electron chi connectivity index (χ1n) is 9.90. The van der Waals surface area contributed by atoms with E-state index in [-0.39, 0.29) is 23.7 Å². The van der Waals surface area contributed by atoms with Gasteiger partial charge < -0.3 is 4.74 Å². The molecule has 4 unspecified atom stereocenters. The summed E-state index contributed by atoms with van der Waals surface area (Å²) < 4.78 is 55.6. The highest BCUT2D eigenvalue weighted by Crippen LogP contribution is 2.34. The van der Waals surface area contributed by atoms with Crippen molar-refractivity contribution in [2.24, 2.45) is 0 Å². The smallest absolute Gasteiger partial charge is 0.155 e. The first kappa shape index (κ1) is 21.2. The van der Waals surface area contributed by atoms with E-state index in [2.05, 4.69) is 13.8 Å². The minimum Gasteiger partial charge on any atom is -0.372 e. The molecule has 2 rings (SSSR count). The van der Waals surface area contributed by atoms with Crippen molar-refractivity contribution >= 4 is 19.7 Å². The van der Waals surface area contributed by atoms with Gasteiger partial charge in [0.25, 0.3) is 0 Å². The van der Waals surface area contributed by atoms with Crippen LogP contribution in [0.3, 0.4) is 0 Å². The van der Waals surface area contributed by atoms with Crippen molar-refractivity contribution in [2.45, 2.75) is 101 Å². The minimum absolute atomic E-state index is 0.175. The fourth-order valence-corrected chi connectivity index (χ4v) is 8.26. The van der Waals surface area contributed by atoms with Crippen LogP contribution in [-0.4, -0.2) is 51.0 Å². The summed E-state index contributed by atoms with van der Waals surface area (Å²) in [5.41, 5.74) is 0. The maximum atomic E-state index is 12.4. The zero-order chi connectivity index (χ0) is 18.5. The van der Waals surface area contributed by atoms with Crippen LogP contribution in [0.1, 0.15) is 78.1 Å². The standard InChI is InChI=1S/C18H34O5S2/c1-3-5-7-9-17-15(11-13-24(17,19)20)23-16-12-14-25(21,22)18(16)10-8-6-4-2/h15-18H,3-14H2,1-2H3. The van der Waals surface area contributed by atoms with Crippen LogP contribution in [-0.2, 0) is 24.4 Å². The van der Waals surface area contributed by atoms with E-state index in [0.717, 1.165) is 38.5 Å². The third-order valence-electron chi connectivity index (χ3n) is 5.66. The van der Waals surface area contributed by atoms with Crippen molar-refractivity contribution in [3.63, 3.8) is 0 Å². The molecule has 0 amide bonds. The van der Waals surface area contributed by atoms with Gasteiger partial charge in [-0.3, -0.25) is 0 Å². The summed E-state index contributed by atoms with van der Waals surface area (Å²) in [5.74, 6) is 0.350. The quantitative estimate of drug-likeness (QED) is 0.531. The second kappa shape index (κ2) is 9.18. The van der Waals surface area contributed by atoms with Gasteiger partial charge in [0, 0.05) is 0 Å². The van der Waals surface area contributed by atoms with Crippen molar-refractivity contribution in [1.29, 1.82) is 0 Å². The van der Waals surface area contributed by atoms with E-state index in [9.17, 15) is 16.8 Å². The van der Waals surface area contributed by atoms with Crippen molar-refractivity contribution in [2.75, 3.05) is 11.5 Å². The Labute approximate surface area is 153 Å². The Morgan fingerprint density at radius 3 is 1.48 bits per heavy atom. The summed E-state index contributed by atoms with van der Waals surface area (Å²) in [6.07, 6.45) is 7.59. The Hall–Kier alpha value is -0.140. The van der Waals surface area contributed by atoms with Crippen molar-refractivity contribution in [3.05, 3.63) is 0 Å². The average Bonchev–Trinajstić information content (AvgIpc) is 2.98. The van der Waals surface area contributed by atoms with Crippen LogP contribution < -0.4 is 0 Å². The molecule has 0 radical (unpaired) electrons. The van der Waals surface area contributed by atoms with Gasteiger partial charge in [-0.1, -0.05) is 52.4 Å². The lowest BCUT2D eigenvalue weighted by Crippen LogP contribution is -2.36. The van der Waals surface area contributed by atoms with E-state index in [1.807, 2.05) is 0 Å². The summed E-state index contributed by atoms with van der Waals surface area (Å²) in [6, 6.07) is 0. The first-order valence-corrected chi connectivity index (χ1v) is 13.3. The SMILES string of the molecule is CCCCCC1C(OC2CCS(=O)(=O)C2CCCCC)CCS1(=O)=O. The number of rotatable bonds is 10. The Balaban J connectivity index is 2.02. The van der Waals surface area contributed by atoms with Crippen LogP contribution in [0.2, 0.25) is 0 Å². The third kappa shape index (κ3) is 5.42. The molecule has 0 N–H and O–H groups in total. The molecule has 2 saturated heterocycles. The van der Waals surface area contributed by atoms with Crippen LogP contribution in [0.5, 0.6) is 0 Å². The summed E-state index contributed by atoms with van der Waals surface area (Å²) >= 11 is 0. The highest BCUT2D eigenvalue weighted by Gasteiger charge is 2.46. The van der Waals surface area contributed by atoms with Gasteiger partial charge in [0.1, 0.15) is 0 Å². The summed E-state index contributed by atoms with van der Waals surface area (Å²) in [4.78, 5) is 0. The van der Waals surface area contributed by atoms with E-state index < -0.39 is 30.2 Å². The normalized spacial score (nSPS) is 33.7. The number of hydrogen-bond acceptors (Lipinski definition) is 5. The Bertz CT molecular complexity index is 557. The zero-order valence-electron chi connectivity index (χ0n) is 15.7. The monoisotopic (exact) mass is 394 g/mol. The molecule has 2 heterocycles. The van der Waals surface area contributed by atoms with Gasteiger partial charge in [-0.25, -0.2) is 16.8 Å². The summed E-state index contributed by atoms with van der Waals surface area (Å²) in [5, 5.41) is -0.891. The second-order valence-electron chi connectivity index (χ2n) is 7.59. The molecule has 4 atom stereocenters. The maximum Gasteiger partial charge on any atom is 0.155 e. The predicted octanol–water partition coefficient (Wildman–Crippen LogP) is 3.28. The molecule has 0 spiro atoms. The van der Waals surface area contributed by atoms with E-state index in [4.69, 9.17) is 4.74 Å². The molecule has 0 aliphatic carbocycles. The molecule has 5 nitrogen and oxygen atoms in total. The molecule has 25 heavy (non-hydrogen) atoms. The van der Waals surface area contributed by atoms with Gasteiger partial charge in [-0.15, -0.1) is 0 Å². The van der Waals surface area contributed by atoms with Gasteiger partial charge in [-0.2, -0.15) is 0 Å². The van der Waals surface area contributed by atoms with Crippen molar-refractivity contribution in [1.82, 2.24) is 0 Å². The van der Waals surface area contributed by atoms with Gasteiger partial charge >= 0.3 is 0 Å². The van der Waals surface area contributed by atoms with Crippen molar-refractivity contribution in [3.8, 4) is 0 Å². The average molecular weight is 395 g/mol. The van der Waals surface area contributed by atoms with Crippen LogP contribution >= 0.6 is 0 Å². The molecule has 2 aliphatic rings. The van der Waals surface area contributed by atoms with E-state index in [1.165, 1.54) is 0 Å². The molecule has 2 fully saturated rings. The molecular formula is C18H34O5S2. The van der Waals surface area contributed by atoms with Crippen LogP contribution in [0.25, 0.3) is 0 Å². The molecular weight excluding hydrogens is 360 g/mol. The van der Waals surface area contributed by atoms with Crippen LogP contribution in [0.4, 0.5) is 0 Å². The highest BCUT2D eigenvalue weighted by molar-refractivity contribution is 7.92. The van der Waals surface area contributed by atoms with Gasteiger partial charge in [0.15, 0.2) is 19.7 Å². The predicted molar refractivity (Wildman–Crippen MR) is 101 cm³/mol. The number of ether oxygens (including phenoxy) is 1. The van der Waals surface area contributed by atoms with Gasteiger partial charge in [0.05, 0.1) is 34.2 Å². The van der Waals surface area contributed by atoms with Crippen molar-refractivity contribution < 1.29 is 21.6 Å². The topological polar surface area (TPSA) is 77.5 Å². The summed E-state index contributed by atoms with van der Waals surface area (Å²) in [7, 11) is -6.20. The fourth-order valence-electron chi connectivity index (χ4n) is 4.16. The molecule has 0 bridgehead atoms. The molecule has 7 heteroatoms. The lowest BCUT2D eigenvalue weighted by atomic mass is 10.0. The number of sulfone groups is 2. The highest BCUT2D eigenvalue weighted by atomic mass is 32.2. The van der Waals surface area contributed by atoms with Gasteiger partial charge in [0.2, 0.25) is 0 Å². The molecule has 0 aromatic rings. The van der Waals surface area contributed by atoms with Crippen LogP contribution in [0, 0.1) is 0 Å². The third-order valence-corrected chi connectivity index (χ3v) is 10.2. The van der Waals surface area contributed by atoms with E-state index in [0.29, 0.717) is 25.7 Å². The van der Waals surface area contributed by atoms with Crippen LogP contribution in [0.15, 0.2) is 0 Å². The van der Waals surface area contributed by atoms with E-state index in [1.54, 1.807) is 0 Å². The first-order chi connectivity index (χ1) is 11.8. The molecule has 0 aromatic heterocycles. The molecule has 2 aliphatic heterocycles. The summed E-state index contributed by atoms with van der Waals surface area (Å²) in [6.45, 7) is 4.20. The molecule has 148 valence electrons. The van der Waals surface area contributed by atoms with Gasteiger partial charge in [-0.05, 0) is 25.7 Å². The maximum absolute atomic E-state index is 12.4. The minimum atomic E-state index is -3.10. The second-order valence-corrected chi connectivity index (χ2v) is 12.3. The Morgan fingerprint density at radius 1 is 0.720 bits per heavy atom. The fraction of sp³-hybridized carbons (Fsp3) is 1.00. The number of unbranched alkanes of at least 4 members (excludes halogenated alkanes) is 4. The zero-order valence-corrected chi connectivity index (χ0v) is 17.3. The Morgan fingerprint density at radius 2 is 1.12 bits per heavy atom. The lowest BCUT2D eigenvalue weighted by Gasteiger charge is -2.26.